The Labute approximate surface area is 122 Å². The van der Waals surface area contributed by atoms with E-state index in [4.69, 9.17) is 17.4 Å². The molecule has 102 valence electrons. The first-order valence-electron chi connectivity index (χ1n) is 6.09. The van der Waals surface area contributed by atoms with E-state index in [1.54, 1.807) is 17.4 Å². The van der Waals surface area contributed by atoms with Gasteiger partial charge in [0.25, 0.3) is 0 Å². The second-order valence-electron chi connectivity index (χ2n) is 4.15. The van der Waals surface area contributed by atoms with Gasteiger partial charge in [0.1, 0.15) is 5.82 Å². The van der Waals surface area contributed by atoms with Crippen LogP contribution >= 0.6 is 22.9 Å². The molecule has 0 bridgehead atoms. The molecule has 6 heteroatoms. The van der Waals surface area contributed by atoms with Crippen LogP contribution in [0.15, 0.2) is 29.6 Å². The lowest BCUT2D eigenvalue weighted by atomic mass is 10.3. The fraction of sp³-hybridized carbons (Fsp3) is 0.308. The normalized spacial score (nSPS) is 10.9. The van der Waals surface area contributed by atoms with Gasteiger partial charge in [-0.15, -0.1) is 11.3 Å². The molecule has 0 saturated heterocycles. The molecular weight excluding hydrogens is 280 g/mol. The molecular formula is C13H17ClN4S. The summed E-state index contributed by atoms with van der Waals surface area (Å²) in [6.07, 6.45) is 0. The molecule has 2 heterocycles. The molecule has 0 aliphatic rings. The van der Waals surface area contributed by atoms with Crippen molar-refractivity contribution in [1.29, 1.82) is 0 Å². The standard InChI is InChI=1S/C13H17ClN4S/c1-2-18(8-10-4-3-7-19-10)9-12-11(14)5-6-13(16-12)17-15/h3-7H,2,8-9,15H2,1H3,(H,16,17). The van der Waals surface area contributed by atoms with Crippen LogP contribution in [0.5, 0.6) is 0 Å². The number of thiophene rings is 1. The minimum atomic E-state index is 0.631. The summed E-state index contributed by atoms with van der Waals surface area (Å²) in [6, 6.07) is 7.79. The Morgan fingerprint density at radius 1 is 1.37 bits per heavy atom. The highest BCUT2D eigenvalue weighted by Crippen LogP contribution is 2.20. The Morgan fingerprint density at radius 2 is 2.21 bits per heavy atom. The van der Waals surface area contributed by atoms with Gasteiger partial charge in [-0.3, -0.25) is 4.90 Å². The summed E-state index contributed by atoms with van der Waals surface area (Å²) in [5.74, 6) is 6.01. The van der Waals surface area contributed by atoms with Crippen molar-refractivity contribution in [1.82, 2.24) is 9.88 Å². The number of hydrogen-bond donors (Lipinski definition) is 2. The lowest BCUT2D eigenvalue weighted by molar-refractivity contribution is 0.271. The molecule has 0 radical (unpaired) electrons. The quantitative estimate of drug-likeness (QED) is 0.635. The molecule has 2 rings (SSSR count). The summed E-state index contributed by atoms with van der Waals surface area (Å²) in [5.41, 5.74) is 3.39. The Balaban J connectivity index is 2.09. The molecule has 0 unspecified atom stereocenters. The third-order valence-electron chi connectivity index (χ3n) is 2.85. The largest absolute Gasteiger partial charge is 0.308 e. The van der Waals surface area contributed by atoms with Gasteiger partial charge in [0.05, 0.1) is 10.7 Å². The molecule has 0 atom stereocenters. The van der Waals surface area contributed by atoms with Crippen LogP contribution in [0.2, 0.25) is 5.02 Å². The maximum Gasteiger partial charge on any atom is 0.140 e. The highest BCUT2D eigenvalue weighted by Gasteiger charge is 2.10. The van der Waals surface area contributed by atoms with E-state index in [2.05, 4.69) is 39.7 Å². The number of hydrogen-bond acceptors (Lipinski definition) is 5. The van der Waals surface area contributed by atoms with Gasteiger partial charge in [0, 0.05) is 18.0 Å². The SMILES string of the molecule is CCN(Cc1cccs1)Cc1nc(NN)ccc1Cl. The maximum atomic E-state index is 6.18. The zero-order valence-corrected chi connectivity index (χ0v) is 12.3. The van der Waals surface area contributed by atoms with Crippen LogP contribution in [0.25, 0.3) is 0 Å². The molecule has 2 aromatic rings. The van der Waals surface area contributed by atoms with E-state index in [1.807, 2.05) is 6.07 Å². The van der Waals surface area contributed by atoms with Crippen molar-refractivity contribution < 1.29 is 0 Å². The average Bonchev–Trinajstić information content (AvgIpc) is 2.93. The van der Waals surface area contributed by atoms with Gasteiger partial charge < -0.3 is 5.43 Å². The van der Waals surface area contributed by atoms with Crippen LogP contribution in [-0.2, 0) is 13.1 Å². The predicted octanol–water partition coefficient (Wildman–Crippen LogP) is 3.10. The van der Waals surface area contributed by atoms with Gasteiger partial charge >= 0.3 is 0 Å². The van der Waals surface area contributed by atoms with Gasteiger partial charge in [-0.05, 0) is 30.1 Å². The third-order valence-corrected chi connectivity index (χ3v) is 4.05. The number of nitrogens with two attached hydrogens (primary N) is 1. The number of nitrogens with zero attached hydrogens (tertiary/aromatic N) is 2. The molecule has 0 spiro atoms. The minimum Gasteiger partial charge on any atom is -0.308 e. The molecule has 0 aromatic carbocycles. The number of aromatic nitrogens is 1. The molecule has 3 N–H and O–H groups in total. The molecule has 4 nitrogen and oxygen atoms in total. The molecule has 0 aliphatic carbocycles. The Bertz CT molecular complexity index is 515. The summed E-state index contributed by atoms with van der Waals surface area (Å²) < 4.78 is 0. The maximum absolute atomic E-state index is 6.18. The lowest BCUT2D eigenvalue weighted by Crippen LogP contribution is -2.23. The van der Waals surface area contributed by atoms with E-state index in [0.717, 1.165) is 18.8 Å². The molecule has 0 amide bonds. The van der Waals surface area contributed by atoms with Crippen LogP contribution in [-0.4, -0.2) is 16.4 Å². The molecule has 0 fully saturated rings. The molecule has 2 aromatic heterocycles. The summed E-state index contributed by atoms with van der Waals surface area (Å²) >= 11 is 7.94. The molecule has 0 aliphatic heterocycles. The van der Waals surface area contributed by atoms with Crippen molar-refractivity contribution in [3.63, 3.8) is 0 Å². The van der Waals surface area contributed by atoms with Crippen molar-refractivity contribution in [2.24, 2.45) is 5.84 Å². The van der Waals surface area contributed by atoms with E-state index >= 15 is 0 Å². The number of rotatable bonds is 6. The summed E-state index contributed by atoms with van der Waals surface area (Å²) in [5, 5.41) is 2.76. The Kier molecular flexibility index (Phi) is 5.15. The number of nitrogens with one attached hydrogen (secondary N) is 1. The summed E-state index contributed by atoms with van der Waals surface area (Å²) in [4.78, 5) is 8.03. The highest BCUT2D eigenvalue weighted by atomic mass is 35.5. The monoisotopic (exact) mass is 296 g/mol. The van der Waals surface area contributed by atoms with Crippen LogP contribution in [0, 0.1) is 0 Å². The first-order valence-corrected chi connectivity index (χ1v) is 7.35. The lowest BCUT2D eigenvalue weighted by Gasteiger charge is -2.20. The van der Waals surface area contributed by atoms with Crippen LogP contribution in [0.1, 0.15) is 17.5 Å². The smallest absolute Gasteiger partial charge is 0.140 e. The number of pyridine rings is 1. The van der Waals surface area contributed by atoms with Crippen LogP contribution in [0.3, 0.4) is 0 Å². The van der Waals surface area contributed by atoms with Gasteiger partial charge in [0.2, 0.25) is 0 Å². The summed E-state index contributed by atoms with van der Waals surface area (Å²) in [6.45, 7) is 4.69. The highest BCUT2D eigenvalue weighted by molar-refractivity contribution is 7.09. The van der Waals surface area contributed by atoms with Crippen molar-refractivity contribution in [3.05, 3.63) is 45.2 Å². The van der Waals surface area contributed by atoms with Crippen LogP contribution < -0.4 is 11.3 Å². The number of halogens is 1. The van der Waals surface area contributed by atoms with E-state index < -0.39 is 0 Å². The van der Waals surface area contributed by atoms with Gasteiger partial charge in [-0.25, -0.2) is 10.8 Å². The second kappa shape index (κ2) is 6.86. The van der Waals surface area contributed by atoms with Crippen molar-refractivity contribution in [2.45, 2.75) is 20.0 Å². The van der Waals surface area contributed by atoms with E-state index in [1.165, 1.54) is 4.88 Å². The second-order valence-corrected chi connectivity index (χ2v) is 5.59. The first-order chi connectivity index (χ1) is 9.22. The predicted molar refractivity (Wildman–Crippen MR) is 81.2 cm³/mol. The third kappa shape index (κ3) is 3.91. The first kappa shape index (κ1) is 14.3. The fourth-order valence-corrected chi connectivity index (χ4v) is 2.70. The topological polar surface area (TPSA) is 54.2 Å². The zero-order chi connectivity index (χ0) is 13.7. The Hall–Kier alpha value is -1.14. The van der Waals surface area contributed by atoms with Gasteiger partial charge in [-0.1, -0.05) is 24.6 Å². The van der Waals surface area contributed by atoms with Gasteiger partial charge in [-0.2, -0.15) is 0 Å². The van der Waals surface area contributed by atoms with E-state index in [0.29, 0.717) is 17.4 Å². The van der Waals surface area contributed by atoms with Crippen LogP contribution in [0.4, 0.5) is 5.82 Å². The minimum absolute atomic E-state index is 0.631. The van der Waals surface area contributed by atoms with E-state index in [-0.39, 0.29) is 0 Å². The van der Waals surface area contributed by atoms with Gasteiger partial charge in [0.15, 0.2) is 0 Å². The average molecular weight is 297 g/mol. The zero-order valence-electron chi connectivity index (χ0n) is 10.8. The van der Waals surface area contributed by atoms with Crippen molar-refractivity contribution in [2.75, 3.05) is 12.0 Å². The number of hydrazine groups is 1. The number of anilines is 1. The van der Waals surface area contributed by atoms with Crippen molar-refractivity contribution >= 4 is 28.8 Å². The molecule has 0 saturated carbocycles. The van der Waals surface area contributed by atoms with E-state index in [9.17, 15) is 0 Å². The van der Waals surface area contributed by atoms with Crippen molar-refractivity contribution in [3.8, 4) is 0 Å². The summed E-state index contributed by atoms with van der Waals surface area (Å²) in [7, 11) is 0. The Morgan fingerprint density at radius 3 is 2.84 bits per heavy atom. The molecule has 19 heavy (non-hydrogen) atoms. The number of nitrogen functional groups attached to an aromatic ring is 1. The fourth-order valence-electron chi connectivity index (χ4n) is 1.79.